The van der Waals surface area contributed by atoms with Crippen molar-refractivity contribution in [3.8, 4) is 6.07 Å². The van der Waals surface area contributed by atoms with Crippen molar-refractivity contribution in [3.05, 3.63) is 41.2 Å². The second kappa shape index (κ2) is 3.46. The average Bonchev–Trinajstić information content (AvgIpc) is 2.53. The van der Waals surface area contributed by atoms with Crippen molar-refractivity contribution < 1.29 is 5.21 Å². The molecule has 0 aliphatic heterocycles. The standard InChI is InChI=1S/C11H9N3O/c1-8-9(7-13-15)10-4-2-3-5-14(10)11(8)6-12/h2-5,7,15H,1H3/b13-7+. The summed E-state index contributed by atoms with van der Waals surface area (Å²) in [6, 6.07) is 7.75. The van der Waals surface area contributed by atoms with Crippen molar-refractivity contribution in [2.75, 3.05) is 0 Å². The Kier molecular flexibility index (Phi) is 2.14. The van der Waals surface area contributed by atoms with E-state index in [1.807, 2.05) is 31.3 Å². The Bertz CT molecular complexity index is 575. The number of pyridine rings is 1. The van der Waals surface area contributed by atoms with E-state index in [0.29, 0.717) is 5.69 Å². The maximum Gasteiger partial charge on any atom is 0.128 e. The third-order valence-electron chi connectivity index (χ3n) is 2.43. The first-order valence-corrected chi connectivity index (χ1v) is 4.46. The topological polar surface area (TPSA) is 60.8 Å². The van der Waals surface area contributed by atoms with Gasteiger partial charge in [0, 0.05) is 11.8 Å². The minimum atomic E-state index is 0.570. The van der Waals surface area contributed by atoms with Gasteiger partial charge in [-0.2, -0.15) is 5.26 Å². The molecule has 2 aromatic rings. The van der Waals surface area contributed by atoms with Gasteiger partial charge < -0.3 is 9.61 Å². The molecule has 2 heterocycles. The number of oxime groups is 1. The summed E-state index contributed by atoms with van der Waals surface area (Å²) >= 11 is 0. The van der Waals surface area contributed by atoms with E-state index in [1.54, 1.807) is 4.40 Å². The van der Waals surface area contributed by atoms with Crippen LogP contribution < -0.4 is 0 Å². The molecular weight excluding hydrogens is 190 g/mol. The molecule has 0 saturated carbocycles. The summed E-state index contributed by atoms with van der Waals surface area (Å²) < 4.78 is 1.78. The van der Waals surface area contributed by atoms with Gasteiger partial charge in [-0.15, -0.1) is 0 Å². The van der Waals surface area contributed by atoms with Gasteiger partial charge >= 0.3 is 0 Å². The molecule has 0 aliphatic rings. The predicted octanol–water partition coefficient (Wildman–Crippen LogP) is 1.93. The summed E-state index contributed by atoms with van der Waals surface area (Å²) in [5, 5.41) is 20.6. The van der Waals surface area contributed by atoms with Gasteiger partial charge in [-0.1, -0.05) is 11.2 Å². The number of aromatic nitrogens is 1. The van der Waals surface area contributed by atoms with E-state index in [-0.39, 0.29) is 0 Å². The van der Waals surface area contributed by atoms with Gasteiger partial charge in [0.2, 0.25) is 0 Å². The van der Waals surface area contributed by atoms with Crippen LogP contribution in [0.5, 0.6) is 0 Å². The quantitative estimate of drug-likeness (QED) is 0.433. The van der Waals surface area contributed by atoms with Crippen LogP contribution in [-0.2, 0) is 0 Å². The van der Waals surface area contributed by atoms with Gasteiger partial charge in [0.25, 0.3) is 0 Å². The van der Waals surface area contributed by atoms with Crippen molar-refractivity contribution in [1.82, 2.24) is 4.40 Å². The lowest BCUT2D eigenvalue weighted by Crippen LogP contribution is -1.86. The lowest BCUT2D eigenvalue weighted by molar-refractivity contribution is 0.322. The van der Waals surface area contributed by atoms with Gasteiger partial charge in [-0.05, 0) is 24.6 Å². The second-order valence-corrected chi connectivity index (χ2v) is 3.20. The summed E-state index contributed by atoms with van der Waals surface area (Å²) in [5.74, 6) is 0. The van der Waals surface area contributed by atoms with Crippen LogP contribution in [0.1, 0.15) is 16.8 Å². The lowest BCUT2D eigenvalue weighted by Gasteiger charge is -1.93. The predicted molar refractivity (Wildman–Crippen MR) is 56.2 cm³/mol. The molecule has 4 nitrogen and oxygen atoms in total. The van der Waals surface area contributed by atoms with Crippen LogP contribution in [0.2, 0.25) is 0 Å². The monoisotopic (exact) mass is 199 g/mol. The van der Waals surface area contributed by atoms with Crippen molar-refractivity contribution in [2.45, 2.75) is 6.92 Å². The molecule has 74 valence electrons. The molecule has 0 unspecified atom stereocenters. The summed E-state index contributed by atoms with van der Waals surface area (Å²) in [4.78, 5) is 0. The van der Waals surface area contributed by atoms with Gasteiger partial charge in [0.05, 0.1) is 11.7 Å². The minimum absolute atomic E-state index is 0.570. The molecule has 0 amide bonds. The smallest absolute Gasteiger partial charge is 0.128 e. The first-order valence-electron chi connectivity index (χ1n) is 4.46. The zero-order valence-electron chi connectivity index (χ0n) is 8.18. The van der Waals surface area contributed by atoms with Crippen LogP contribution in [0.3, 0.4) is 0 Å². The van der Waals surface area contributed by atoms with E-state index in [0.717, 1.165) is 16.6 Å². The van der Waals surface area contributed by atoms with Gasteiger partial charge in [0.15, 0.2) is 0 Å². The van der Waals surface area contributed by atoms with E-state index in [1.165, 1.54) is 6.21 Å². The molecule has 0 atom stereocenters. The van der Waals surface area contributed by atoms with Crippen molar-refractivity contribution >= 4 is 11.7 Å². The fourth-order valence-electron chi connectivity index (χ4n) is 1.72. The number of nitriles is 1. The van der Waals surface area contributed by atoms with Crippen LogP contribution in [0, 0.1) is 18.3 Å². The minimum Gasteiger partial charge on any atom is -0.411 e. The number of hydrogen-bond donors (Lipinski definition) is 1. The van der Waals surface area contributed by atoms with Gasteiger partial charge in [-0.25, -0.2) is 0 Å². The van der Waals surface area contributed by atoms with Crippen molar-refractivity contribution in [3.63, 3.8) is 0 Å². The fraction of sp³-hybridized carbons (Fsp3) is 0.0909. The number of hydrogen-bond acceptors (Lipinski definition) is 3. The summed E-state index contributed by atoms with van der Waals surface area (Å²) in [7, 11) is 0. The maximum absolute atomic E-state index is 9.02. The highest BCUT2D eigenvalue weighted by molar-refractivity contribution is 5.92. The average molecular weight is 199 g/mol. The van der Waals surface area contributed by atoms with Crippen molar-refractivity contribution in [2.24, 2.45) is 5.16 Å². The fourth-order valence-corrected chi connectivity index (χ4v) is 1.72. The molecule has 0 saturated heterocycles. The Morgan fingerprint density at radius 3 is 3.00 bits per heavy atom. The van der Waals surface area contributed by atoms with Crippen LogP contribution >= 0.6 is 0 Å². The third-order valence-corrected chi connectivity index (χ3v) is 2.43. The summed E-state index contributed by atoms with van der Waals surface area (Å²) in [6.07, 6.45) is 3.17. The molecule has 15 heavy (non-hydrogen) atoms. The number of nitrogens with zero attached hydrogens (tertiary/aromatic N) is 3. The first-order chi connectivity index (χ1) is 7.29. The highest BCUT2D eigenvalue weighted by atomic mass is 16.4. The Balaban J connectivity index is 2.92. The van der Waals surface area contributed by atoms with Crippen LogP contribution in [0.4, 0.5) is 0 Å². The Hall–Kier alpha value is -2.28. The number of fused-ring (bicyclic) bond motifs is 1. The first kappa shape index (κ1) is 9.28. The van der Waals surface area contributed by atoms with Crippen LogP contribution in [0.25, 0.3) is 5.52 Å². The Morgan fingerprint density at radius 1 is 1.53 bits per heavy atom. The van der Waals surface area contributed by atoms with E-state index < -0.39 is 0 Å². The van der Waals surface area contributed by atoms with Gasteiger partial charge in [-0.3, -0.25) is 0 Å². The molecule has 0 radical (unpaired) electrons. The van der Waals surface area contributed by atoms with E-state index in [4.69, 9.17) is 10.5 Å². The lowest BCUT2D eigenvalue weighted by atomic mass is 10.1. The van der Waals surface area contributed by atoms with E-state index in [2.05, 4.69) is 11.2 Å². The molecule has 1 N–H and O–H groups in total. The summed E-state index contributed by atoms with van der Waals surface area (Å²) in [6.45, 7) is 1.84. The number of rotatable bonds is 1. The highest BCUT2D eigenvalue weighted by Gasteiger charge is 2.12. The maximum atomic E-state index is 9.02. The molecule has 0 aromatic carbocycles. The zero-order valence-corrected chi connectivity index (χ0v) is 8.18. The molecule has 2 aromatic heterocycles. The second-order valence-electron chi connectivity index (χ2n) is 3.20. The molecule has 4 heteroatoms. The molecule has 0 fully saturated rings. The molecule has 0 aliphatic carbocycles. The van der Waals surface area contributed by atoms with Gasteiger partial charge in [0.1, 0.15) is 11.8 Å². The van der Waals surface area contributed by atoms with E-state index >= 15 is 0 Å². The van der Waals surface area contributed by atoms with Crippen molar-refractivity contribution in [1.29, 1.82) is 5.26 Å². The normalized spacial score (nSPS) is 10.9. The molecule has 0 bridgehead atoms. The third kappa shape index (κ3) is 1.25. The Labute approximate surface area is 86.7 Å². The largest absolute Gasteiger partial charge is 0.411 e. The molecular formula is C11H9N3O. The van der Waals surface area contributed by atoms with Crippen LogP contribution in [-0.4, -0.2) is 15.8 Å². The Morgan fingerprint density at radius 2 is 2.33 bits per heavy atom. The molecule has 2 rings (SSSR count). The van der Waals surface area contributed by atoms with Crippen LogP contribution in [0.15, 0.2) is 29.6 Å². The highest BCUT2D eigenvalue weighted by Crippen LogP contribution is 2.20. The molecule has 0 spiro atoms. The zero-order chi connectivity index (χ0) is 10.8. The summed E-state index contributed by atoms with van der Waals surface area (Å²) in [5.41, 5.74) is 3.03. The SMILES string of the molecule is Cc1c(/C=N/O)c2ccccn2c1C#N. The van der Waals surface area contributed by atoms with E-state index in [9.17, 15) is 0 Å².